The molecule has 0 bridgehead atoms. The lowest BCUT2D eigenvalue weighted by Crippen LogP contribution is -2.48. The Morgan fingerprint density at radius 2 is 2.06 bits per heavy atom. The van der Waals surface area contributed by atoms with Crippen molar-refractivity contribution in [3.63, 3.8) is 0 Å². The Morgan fingerprint density at radius 3 is 2.70 bits per heavy atom. The van der Waals surface area contributed by atoms with E-state index in [1.54, 1.807) is 18.5 Å². The van der Waals surface area contributed by atoms with Gasteiger partial charge < -0.3 is 10.6 Å². The number of hydrogen-bond acceptors (Lipinski definition) is 6. The van der Waals surface area contributed by atoms with Crippen LogP contribution in [0.25, 0.3) is 0 Å². The minimum atomic E-state index is -0.489. The van der Waals surface area contributed by atoms with E-state index in [9.17, 15) is 9.59 Å². The topological polar surface area (TPSA) is 102 Å². The second-order valence-electron chi connectivity index (χ2n) is 9.85. The summed E-state index contributed by atoms with van der Waals surface area (Å²) in [6.45, 7) is 13.2. The van der Waals surface area contributed by atoms with Gasteiger partial charge in [0.25, 0.3) is 5.56 Å². The van der Waals surface area contributed by atoms with Crippen LogP contribution in [-0.2, 0) is 11.3 Å². The van der Waals surface area contributed by atoms with Crippen LogP contribution in [0.5, 0.6) is 0 Å². The van der Waals surface area contributed by atoms with Crippen LogP contribution in [0.15, 0.2) is 29.6 Å². The quantitative estimate of drug-likeness (QED) is 0.627. The molecule has 9 heteroatoms. The molecule has 8 nitrogen and oxygen atoms in total. The third-order valence-electron chi connectivity index (χ3n) is 7.80. The molecule has 1 saturated carbocycles. The molecule has 0 saturated heterocycles. The van der Waals surface area contributed by atoms with Gasteiger partial charge in [-0.15, -0.1) is 0 Å². The number of aromatic nitrogens is 4. The Balaban J connectivity index is 1.70. The minimum absolute atomic E-state index is 0.0537. The minimum Gasteiger partial charge on any atom is -0.379 e. The molecule has 0 radical (unpaired) electrons. The number of halogens is 1. The van der Waals surface area contributed by atoms with Gasteiger partial charge in [-0.1, -0.05) is 53.1 Å². The highest BCUT2D eigenvalue weighted by Crippen LogP contribution is 2.48. The van der Waals surface area contributed by atoms with E-state index in [1.807, 2.05) is 6.92 Å². The summed E-state index contributed by atoms with van der Waals surface area (Å²) >= 11 is 6.42. The smallest absolute Gasteiger partial charge is 0.288 e. The standard InChI is InChI=1S/C24H35ClN6O2/c1-7-17(18-8-9-26-13-27-18)30-21(32)12-31-23(33)22(25)20(11-28-31)29-19-10-14(2)24(5,6)16(4)15(19)3/h8-9,11,13-17,19,29H,7,10,12H2,1-6H3,(H,30,32)/t14-,15+,16+,17?,19+/m0/s1. The molecule has 1 aliphatic carbocycles. The molecular weight excluding hydrogens is 440 g/mol. The van der Waals surface area contributed by atoms with Crippen LogP contribution < -0.4 is 16.2 Å². The van der Waals surface area contributed by atoms with Crippen LogP contribution in [0.4, 0.5) is 5.69 Å². The molecule has 2 aromatic rings. The Hall–Kier alpha value is -2.48. The fourth-order valence-corrected chi connectivity index (χ4v) is 4.91. The van der Waals surface area contributed by atoms with Crippen molar-refractivity contribution < 1.29 is 4.79 Å². The van der Waals surface area contributed by atoms with Crippen LogP contribution in [0.3, 0.4) is 0 Å². The van der Waals surface area contributed by atoms with E-state index in [4.69, 9.17) is 11.6 Å². The molecular formula is C24H35ClN6O2. The summed E-state index contributed by atoms with van der Waals surface area (Å²) in [5, 5.41) is 10.6. The predicted molar refractivity (Wildman–Crippen MR) is 130 cm³/mol. The first-order valence-corrected chi connectivity index (χ1v) is 12.0. The van der Waals surface area contributed by atoms with Crippen molar-refractivity contribution in [3.8, 4) is 0 Å². The molecule has 2 aromatic heterocycles. The van der Waals surface area contributed by atoms with Crippen molar-refractivity contribution in [2.45, 2.75) is 73.0 Å². The van der Waals surface area contributed by atoms with Gasteiger partial charge in [-0.25, -0.2) is 14.6 Å². The molecule has 0 aromatic carbocycles. The van der Waals surface area contributed by atoms with Gasteiger partial charge in [0, 0.05) is 12.2 Å². The van der Waals surface area contributed by atoms with Crippen LogP contribution in [0, 0.1) is 23.2 Å². The summed E-state index contributed by atoms with van der Waals surface area (Å²) in [6, 6.07) is 1.68. The molecule has 33 heavy (non-hydrogen) atoms. The van der Waals surface area contributed by atoms with E-state index < -0.39 is 5.56 Å². The summed E-state index contributed by atoms with van der Waals surface area (Å²) in [5.74, 6) is 1.11. The highest BCUT2D eigenvalue weighted by Gasteiger charge is 2.43. The Bertz CT molecular complexity index is 1030. The summed E-state index contributed by atoms with van der Waals surface area (Å²) < 4.78 is 1.09. The third kappa shape index (κ3) is 5.37. The van der Waals surface area contributed by atoms with Gasteiger partial charge in [-0.2, -0.15) is 5.10 Å². The number of rotatable bonds is 7. The second-order valence-corrected chi connectivity index (χ2v) is 10.2. The maximum Gasteiger partial charge on any atom is 0.288 e. The molecule has 180 valence electrons. The lowest BCUT2D eigenvalue weighted by molar-refractivity contribution is -0.122. The first kappa shape index (κ1) is 25.1. The lowest BCUT2D eigenvalue weighted by Gasteiger charge is -2.50. The van der Waals surface area contributed by atoms with Crippen molar-refractivity contribution in [2.75, 3.05) is 5.32 Å². The number of carbonyl (C=O) groups is 1. The van der Waals surface area contributed by atoms with Crippen molar-refractivity contribution in [3.05, 3.63) is 45.9 Å². The van der Waals surface area contributed by atoms with Crippen molar-refractivity contribution in [1.82, 2.24) is 25.1 Å². The fourth-order valence-electron chi connectivity index (χ4n) is 4.71. The predicted octanol–water partition coefficient (Wildman–Crippen LogP) is 4.07. The first-order valence-electron chi connectivity index (χ1n) is 11.6. The van der Waals surface area contributed by atoms with Crippen LogP contribution in [0.1, 0.15) is 66.1 Å². The zero-order valence-corrected chi connectivity index (χ0v) is 21.1. The molecule has 1 amide bonds. The molecule has 0 aliphatic heterocycles. The number of carbonyl (C=O) groups excluding carboxylic acids is 1. The largest absolute Gasteiger partial charge is 0.379 e. The number of nitrogens with one attached hydrogen (secondary N) is 2. The third-order valence-corrected chi connectivity index (χ3v) is 8.16. The maximum atomic E-state index is 12.8. The summed E-state index contributed by atoms with van der Waals surface area (Å²) in [6.07, 6.45) is 6.26. The summed E-state index contributed by atoms with van der Waals surface area (Å²) in [7, 11) is 0. The molecule has 2 heterocycles. The van der Waals surface area contributed by atoms with E-state index in [0.29, 0.717) is 35.6 Å². The SMILES string of the molecule is CCC(NC(=O)Cn1ncc(N[C@@H]2C[C@H](C)C(C)(C)[C@H](C)[C@H]2C)c(Cl)c1=O)c1ccncn1. The van der Waals surface area contributed by atoms with Crippen molar-refractivity contribution >= 4 is 23.2 Å². The first-order chi connectivity index (χ1) is 15.6. The zero-order valence-electron chi connectivity index (χ0n) is 20.3. The molecule has 1 aliphatic rings. The summed E-state index contributed by atoms with van der Waals surface area (Å²) in [4.78, 5) is 33.5. The Kier molecular flexibility index (Phi) is 7.77. The van der Waals surface area contributed by atoms with E-state index in [1.165, 1.54) is 6.33 Å². The molecule has 1 unspecified atom stereocenters. The van der Waals surface area contributed by atoms with Crippen molar-refractivity contribution in [1.29, 1.82) is 0 Å². The average molecular weight is 475 g/mol. The molecule has 0 spiro atoms. The summed E-state index contributed by atoms with van der Waals surface area (Å²) in [5.41, 5.74) is 0.990. The Morgan fingerprint density at radius 1 is 1.33 bits per heavy atom. The van der Waals surface area contributed by atoms with E-state index >= 15 is 0 Å². The average Bonchev–Trinajstić information content (AvgIpc) is 2.80. The van der Waals surface area contributed by atoms with Gasteiger partial charge in [0.15, 0.2) is 0 Å². The fraction of sp³-hybridized carbons (Fsp3) is 0.625. The van der Waals surface area contributed by atoms with E-state index in [2.05, 4.69) is 60.3 Å². The second kappa shape index (κ2) is 10.2. The monoisotopic (exact) mass is 474 g/mol. The zero-order chi connectivity index (χ0) is 24.3. The molecule has 1 fully saturated rings. The highest BCUT2D eigenvalue weighted by molar-refractivity contribution is 6.32. The lowest BCUT2D eigenvalue weighted by atomic mass is 9.58. The highest BCUT2D eigenvalue weighted by atomic mass is 35.5. The maximum absolute atomic E-state index is 12.8. The van der Waals surface area contributed by atoms with Gasteiger partial charge in [0.05, 0.1) is 23.6 Å². The Labute approximate surface area is 200 Å². The normalized spacial score (nSPS) is 25.3. The van der Waals surface area contributed by atoms with Crippen LogP contribution >= 0.6 is 11.6 Å². The van der Waals surface area contributed by atoms with Crippen LogP contribution in [-0.4, -0.2) is 31.7 Å². The van der Waals surface area contributed by atoms with Crippen molar-refractivity contribution in [2.24, 2.45) is 23.2 Å². The number of nitrogens with zero attached hydrogens (tertiary/aromatic N) is 4. The van der Waals surface area contributed by atoms with Gasteiger partial charge in [0.1, 0.15) is 17.9 Å². The van der Waals surface area contributed by atoms with E-state index in [0.717, 1.165) is 11.1 Å². The number of hydrogen-bond donors (Lipinski definition) is 2. The number of anilines is 1. The van der Waals surface area contributed by atoms with Gasteiger partial charge in [0.2, 0.25) is 5.91 Å². The molecule has 3 rings (SSSR count). The molecule has 5 atom stereocenters. The van der Waals surface area contributed by atoms with Gasteiger partial charge in [-0.05, 0) is 42.1 Å². The molecule has 2 N–H and O–H groups in total. The van der Waals surface area contributed by atoms with Gasteiger partial charge >= 0.3 is 0 Å². The van der Waals surface area contributed by atoms with E-state index in [-0.39, 0.29) is 35.0 Å². The number of amides is 1. The van der Waals surface area contributed by atoms with Crippen LogP contribution in [0.2, 0.25) is 5.02 Å². The van der Waals surface area contributed by atoms with Gasteiger partial charge in [-0.3, -0.25) is 9.59 Å².